The van der Waals surface area contributed by atoms with Gasteiger partial charge in [0.2, 0.25) is 0 Å². The van der Waals surface area contributed by atoms with E-state index in [1.54, 1.807) is 17.6 Å². The molecule has 0 fully saturated rings. The molecule has 0 spiro atoms. The SMILES string of the molecule is CCCN(C)c1ccc(C(=O)NO)cc1. The van der Waals surface area contributed by atoms with E-state index in [1.807, 2.05) is 19.2 Å². The van der Waals surface area contributed by atoms with Crippen LogP contribution in [0.25, 0.3) is 0 Å². The van der Waals surface area contributed by atoms with Crippen LogP contribution in [0.4, 0.5) is 5.69 Å². The molecule has 0 aliphatic rings. The first-order chi connectivity index (χ1) is 7.19. The van der Waals surface area contributed by atoms with E-state index in [-0.39, 0.29) is 0 Å². The Morgan fingerprint density at radius 3 is 2.47 bits per heavy atom. The van der Waals surface area contributed by atoms with Crippen LogP contribution in [-0.4, -0.2) is 24.7 Å². The number of hydrogen-bond donors (Lipinski definition) is 2. The molecule has 0 saturated heterocycles. The van der Waals surface area contributed by atoms with Crippen molar-refractivity contribution in [2.45, 2.75) is 13.3 Å². The van der Waals surface area contributed by atoms with Crippen LogP contribution < -0.4 is 10.4 Å². The van der Waals surface area contributed by atoms with E-state index in [0.29, 0.717) is 5.56 Å². The molecule has 0 radical (unpaired) electrons. The summed E-state index contributed by atoms with van der Waals surface area (Å²) in [5.41, 5.74) is 3.11. The molecule has 0 heterocycles. The quantitative estimate of drug-likeness (QED) is 0.584. The second-order valence-corrected chi connectivity index (χ2v) is 3.41. The van der Waals surface area contributed by atoms with Crippen LogP contribution in [0.1, 0.15) is 23.7 Å². The smallest absolute Gasteiger partial charge is 0.274 e. The van der Waals surface area contributed by atoms with E-state index >= 15 is 0 Å². The fraction of sp³-hybridized carbons (Fsp3) is 0.364. The molecule has 1 rings (SSSR count). The van der Waals surface area contributed by atoms with Crippen molar-refractivity contribution < 1.29 is 10.0 Å². The van der Waals surface area contributed by atoms with Gasteiger partial charge in [-0.05, 0) is 30.7 Å². The summed E-state index contributed by atoms with van der Waals surface area (Å²) < 4.78 is 0. The van der Waals surface area contributed by atoms with Crippen LogP contribution in [0.15, 0.2) is 24.3 Å². The largest absolute Gasteiger partial charge is 0.375 e. The van der Waals surface area contributed by atoms with Crippen molar-refractivity contribution in [2.24, 2.45) is 0 Å². The fourth-order valence-corrected chi connectivity index (χ4v) is 1.40. The Labute approximate surface area is 89.5 Å². The summed E-state index contributed by atoms with van der Waals surface area (Å²) in [6.07, 6.45) is 1.08. The van der Waals surface area contributed by atoms with Gasteiger partial charge in [-0.25, -0.2) is 5.48 Å². The summed E-state index contributed by atoms with van der Waals surface area (Å²) in [5.74, 6) is -0.486. The Hall–Kier alpha value is -1.55. The molecule has 0 unspecified atom stereocenters. The second-order valence-electron chi connectivity index (χ2n) is 3.41. The standard InChI is InChI=1S/C11H16N2O2/c1-3-8-13(2)10-6-4-9(5-7-10)11(14)12-15/h4-7,15H,3,8H2,1-2H3,(H,12,14). The lowest BCUT2D eigenvalue weighted by atomic mass is 10.2. The Kier molecular flexibility index (Phi) is 4.12. The van der Waals surface area contributed by atoms with Gasteiger partial charge in [-0.15, -0.1) is 0 Å². The van der Waals surface area contributed by atoms with E-state index in [9.17, 15) is 4.79 Å². The maximum atomic E-state index is 11.0. The van der Waals surface area contributed by atoms with Gasteiger partial charge >= 0.3 is 0 Å². The van der Waals surface area contributed by atoms with Gasteiger partial charge in [-0.3, -0.25) is 10.0 Å². The first kappa shape index (κ1) is 11.5. The van der Waals surface area contributed by atoms with Gasteiger partial charge in [0.25, 0.3) is 5.91 Å². The Morgan fingerprint density at radius 2 is 2.00 bits per heavy atom. The average molecular weight is 208 g/mol. The zero-order valence-corrected chi connectivity index (χ0v) is 9.03. The molecule has 0 bridgehead atoms. The van der Waals surface area contributed by atoms with Gasteiger partial charge < -0.3 is 4.90 Å². The number of carbonyl (C=O) groups is 1. The van der Waals surface area contributed by atoms with Crippen LogP contribution in [0.5, 0.6) is 0 Å². The number of nitrogens with one attached hydrogen (secondary N) is 1. The Balaban J connectivity index is 2.76. The number of carbonyl (C=O) groups excluding carboxylic acids is 1. The van der Waals surface area contributed by atoms with E-state index in [1.165, 1.54) is 0 Å². The van der Waals surface area contributed by atoms with Crippen molar-refractivity contribution in [3.05, 3.63) is 29.8 Å². The number of rotatable bonds is 4. The molecular formula is C11H16N2O2. The van der Waals surface area contributed by atoms with Crippen molar-refractivity contribution in [3.8, 4) is 0 Å². The van der Waals surface area contributed by atoms with Crippen LogP contribution in [0.2, 0.25) is 0 Å². The summed E-state index contributed by atoms with van der Waals surface area (Å²) in [4.78, 5) is 13.2. The first-order valence-corrected chi connectivity index (χ1v) is 4.94. The number of hydroxylamine groups is 1. The highest BCUT2D eigenvalue weighted by Gasteiger charge is 2.04. The van der Waals surface area contributed by atoms with Crippen molar-refractivity contribution in [2.75, 3.05) is 18.5 Å². The highest BCUT2D eigenvalue weighted by Crippen LogP contribution is 2.13. The summed E-state index contributed by atoms with van der Waals surface area (Å²) in [5, 5.41) is 8.44. The van der Waals surface area contributed by atoms with E-state index in [0.717, 1.165) is 18.7 Å². The molecule has 0 atom stereocenters. The van der Waals surface area contributed by atoms with Crippen LogP contribution in [0, 0.1) is 0 Å². The Bertz CT molecular complexity index is 322. The molecule has 4 heteroatoms. The van der Waals surface area contributed by atoms with Crippen LogP contribution in [0.3, 0.4) is 0 Å². The van der Waals surface area contributed by atoms with E-state index in [2.05, 4.69) is 11.8 Å². The zero-order valence-electron chi connectivity index (χ0n) is 9.03. The normalized spacial score (nSPS) is 9.80. The molecule has 82 valence electrons. The Morgan fingerprint density at radius 1 is 1.40 bits per heavy atom. The number of amides is 1. The van der Waals surface area contributed by atoms with Gasteiger partial charge in [0.1, 0.15) is 0 Å². The lowest BCUT2D eigenvalue weighted by Crippen LogP contribution is -2.20. The third-order valence-corrected chi connectivity index (χ3v) is 2.23. The topological polar surface area (TPSA) is 52.6 Å². The molecule has 1 aromatic carbocycles. The predicted octanol–water partition coefficient (Wildman–Crippen LogP) is 1.65. The number of benzene rings is 1. The van der Waals surface area contributed by atoms with E-state index in [4.69, 9.17) is 5.21 Å². The molecule has 1 amide bonds. The van der Waals surface area contributed by atoms with Crippen LogP contribution >= 0.6 is 0 Å². The lowest BCUT2D eigenvalue weighted by molar-refractivity contribution is 0.0706. The summed E-state index contributed by atoms with van der Waals surface area (Å²) in [7, 11) is 2.00. The minimum absolute atomic E-state index is 0.450. The second kappa shape index (κ2) is 5.36. The highest BCUT2D eigenvalue weighted by molar-refractivity contribution is 5.93. The van der Waals surface area contributed by atoms with Crippen LogP contribution in [-0.2, 0) is 0 Å². The molecule has 0 aromatic heterocycles. The molecule has 0 saturated carbocycles. The minimum Gasteiger partial charge on any atom is -0.375 e. The molecule has 1 aromatic rings. The first-order valence-electron chi connectivity index (χ1n) is 4.94. The summed E-state index contributed by atoms with van der Waals surface area (Å²) in [6, 6.07) is 7.10. The van der Waals surface area contributed by atoms with Crippen molar-refractivity contribution in [1.82, 2.24) is 5.48 Å². The van der Waals surface area contributed by atoms with Gasteiger partial charge in [-0.1, -0.05) is 6.92 Å². The van der Waals surface area contributed by atoms with Crippen molar-refractivity contribution in [1.29, 1.82) is 0 Å². The van der Waals surface area contributed by atoms with Gasteiger partial charge in [-0.2, -0.15) is 0 Å². The molecule has 0 aliphatic carbocycles. The molecule has 4 nitrogen and oxygen atoms in total. The number of anilines is 1. The van der Waals surface area contributed by atoms with Crippen molar-refractivity contribution in [3.63, 3.8) is 0 Å². The van der Waals surface area contributed by atoms with Crippen molar-refractivity contribution >= 4 is 11.6 Å². The predicted molar refractivity (Wildman–Crippen MR) is 59.3 cm³/mol. The maximum absolute atomic E-state index is 11.0. The third kappa shape index (κ3) is 2.95. The zero-order chi connectivity index (χ0) is 11.3. The molecule has 15 heavy (non-hydrogen) atoms. The van der Waals surface area contributed by atoms with Gasteiger partial charge in [0.05, 0.1) is 0 Å². The van der Waals surface area contributed by atoms with E-state index < -0.39 is 5.91 Å². The highest BCUT2D eigenvalue weighted by atomic mass is 16.5. The van der Waals surface area contributed by atoms with Gasteiger partial charge in [0, 0.05) is 24.8 Å². The van der Waals surface area contributed by atoms with Gasteiger partial charge in [0.15, 0.2) is 0 Å². The maximum Gasteiger partial charge on any atom is 0.274 e. The third-order valence-electron chi connectivity index (χ3n) is 2.23. The summed E-state index contributed by atoms with van der Waals surface area (Å²) >= 11 is 0. The fourth-order valence-electron chi connectivity index (χ4n) is 1.40. The number of hydrogen-bond acceptors (Lipinski definition) is 3. The average Bonchev–Trinajstić information content (AvgIpc) is 2.28. The lowest BCUT2D eigenvalue weighted by Gasteiger charge is -2.18. The molecule has 2 N–H and O–H groups in total. The molecule has 0 aliphatic heterocycles. The molecular weight excluding hydrogens is 192 g/mol. The number of nitrogens with zero attached hydrogens (tertiary/aromatic N) is 1. The minimum atomic E-state index is -0.486. The monoisotopic (exact) mass is 208 g/mol. The summed E-state index contributed by atoms with van der Waals surface area (Å²) in [6.45, 7) is 3.09.